The molecule has 1 atom stereocenters. The molecule has 0 aliphatic carbocycles. The van der Waals surface area contributed by atoms with Gasteiger partial charge in [0.25, 0.3) is 0 Å². The van der Waals surface area contributed by atoms with Crippen molar-refractivity contribution in [2.45, 2.75) is 6.04 Å². The summed E-state index contributed by atoms with van der Waals surface area (Å²) in [4.78, 5) is 4.13. The van der Waals surface area contributed by atoms with E-state index >= 15 is 0 Å². The molecule has 2 aromatic rings. The van der Waals surface area contributed by atoms with Gasteiger partial charge in [-0.05, 0) is 18.2 Å². The lowest BCUT2D eigenvalue weighted by Gasteiger charge is -2.10. The summed E-state index contributed by atoms with van der Waals surface area (Å²) in [5.74, 6) is 0. The van der Waals surface area contributed by atoms with Gasteiger partial charge in [0.1, 0.15) is 5.01 Å². The van der Waals surface area contributed by atoms with Gasteiger partial charge in [-0.1, -0.05) is 22.0 Å². The van der Waals surface area contributed by atoms with Crippen LogP contribution in [0.15, 0.2) is 40.3 Å². The van der Waals surface area contributed by atoms with Gasteiger partial charge >= 0.3 is 0 Å². The van der Waals surface area contributed by atoms with E-state index in [1.54, 1.807) is 6.20 Å². The van der Waals surface area contributed by atoms with Gasteiger partial charge in [-0.2, -0.15) is 5.26 Å². The quantitative estimate of drug-likeness (QED) is 0.941. The topological polar surface area (TPSA) is 48.7 Å². The van der Waals surface area contributed by atoms with Gasteiger partial charge in [0.2, 0.25) is 0 Å². The van der Waals surface area contributed by atoms with Crippen molar-refractivity contribution in [3.05, 3.63) is 45.3 Å². The minimum Gasteiger partial charge on any atom is -0.364 e. The second kappa shape index (κ2) is 5.10. The maximum atomic E-state index is 9.07. The van der Waals surface area contributed by atoms with Crippen LogP contribution in [0.25, 0.3) is 0 Å². The lowest BCUT2D eigenvalue weighted by atomic mass is 10.2. The Morgan fingerprint density at radius 3 is 3.00 bits per heavy atom. The van der Waals surface area contributed by atoms with Crippen molar-refractivity contribution in [1.29, 1.82) is 5.26 Å². The summed E-state index contributed by atoms with van der Waals surface area (Å²) in [5.41, 5.74) is 0.899. The fourth-order valence-electron chi connectivity index (χ4n) is 1.27. The first kappa shape index (κ1) is 11.1. The predicted molar refractivity (Wildman–Crippen MR) is 68.2 cm³/mol. The molecular formula is C11H8BrN3S. The van der Waals surface area contributed by atoms with Gasteiger partial charge in [-0.25, -0.2) is 4.98 Å². The van der Waals surface area contributed by atoms with Gasteiger partial charge in [-0.3, -0.25) is 0 Å². The first-order chi connectivity index (χ1) is 7.79. The van der Waals surface area contributed by atoms with Crippen molar-refractivity contribution < 1.29 is 0 Å². The molecule has 0 radical (unpaired) electrons. The van der Waals surface area contributed by atoms with Gasteiger partial charge < -0.3 is 5.32 Å². The zero-order valence-corrected chi connectivity index (χ0v) is 10.6. The number of rotatable bonds is 3. The summed E-state index contributed by atoms with van der Waals surface area (Å²) in [5, 5.41) is 14.8. The summed E-state index contributed by atoms with van der Waals surface area (Å²) in [6.07, 6.45) is 1.70. The number of benzene rings is 1. The lowest BCUT2D eigenvalue weighted by molar-refractivity contribution is 0.974. The third-order valence-electron chi connectivity index (χ3n) is 1.96. The average molecular weight is 294 g/mol. The van der Waals surface area contributed by atoms with E-state index in [1.807, 2.05) is 29.6 Å². The van der Waals surface area contributed by atoms with Crippen molar-refractivity contribution in [2.75, 3.05) is 5.32 Å². The molecule has 0 amide bonds. The number of nitriles is 1. The molecule has 0 aliphatic rings. The highest BCUT2D eigenvalue weighted by molar-refractivity contribution is 9.10. The van der Waals surface area contributed by atoms with E-state index in [0.29, 0.717) is 0 Å². The highest BCUT2D eigenvalue weighted by Crippen LogP contribution is 2.22. The molecule has 3 nitrogen and oxygen atoms in total. The smallest absolute Gasteiger partial charge is 0.166 e. The Morgan fingerprint density at radius 2 is 2.38 bits per heavy atom. The highest BCUT2D eigenvalue weighted by Gasteiger charge is 2.12. The Morgan fingerprint density at radius 1 is 1.50 bits per heavy atom. The summed E-state index contributed by atoms with van der Waals surface area (Å²) in [6, 6.07) is 9.51. The lowest BCUT2D eigenvalue weighted by Crippen LogP contribution is -2.07. The van der Waals surface area contributed by atoms with Crippen LogP contribution in [0, 0.1) is 11.3 Å². The Hall–Kier alpha value is -1.38. The van der Waals surface area contributed by atoms with Crippen molar-refractivity contribution in [2.24, 2.45) is 0 Å². The third kappa shape index (κ3) is 2.60. The Kier molecular flexibility index (Phi) is 3.54. The van der Waals surface area contributed by atoms with E-state index in [-0.39, 0.29) is 0 Å². The van der Waals surface area contributed by atoms with Crippen LogP contribution in [0.1, 0.15) is 11.0 Å². The molecule has 80 valence electrons. The SMILES string of the molecule is N#CC(Nc1cccc(Br)c1)c1nccs1. The molecule has 5 heteroatoms. The minimum absolute atomic E-state index is 0.394. The molecule has 0 aliphatic heterocycles. The average Bonchev–Trinajstić information content (AvgIpc) is 2.79. The van der Waals surface area contributed by atoms with Crippen LogP contribution >= 0.6 is 27.3 Å². The molecule has 1 heterocycles. The summed E-state index contributed by atoms with van der Waals surface area (Å²) >= 11 is 4.86. The van der Waals surface area contributed by atoms with Crippen molar-refractivity contribution in [3.63, 3.8) is 0 Å². The molecular weight excluding hydrogens is 286 g/mol. The third-order valence-corrected chi connectivity index (χ3v) is 3.30. The van der Waals surface area contributed by atoms with Crippen molar-refractivity contribution >= 4 is 33.0 Å². The number of thiazole rings is 1. The molecule has 1 unspecified atom stereocenters. The van der Waals surface area contributed by atoms with Crippen LogP contribution in [-0.4, -0.2) is 4.98 Å². The molecule has 0 spiro atoms. The van der Waals surface area contributed by atoms with E-state index in [2.05, 4.69) is 32.3 Å². The molecule has 16 heavy (non-hydrogen) atoms. The number of aromatic nitrogens is 1. The number of nitrogens with zero attached hydrogens (tertiary/aromatic N) is 2. The normalized spacial score (nSPS) is 11.8. The summed E-state index contributed by atoms with van der Waals surface area (Å²) in [7, 11) is 0. The number of hydrogen-bond donors (Lipinski definition) is 1. The first-order valence-electron chi connectivity index (χ1n) is 4.60. The largest absolute Gasteiger partial charge is 0.364 e. The van der Waals surface area contributed by atoms with Crippen LogP contribution in [0.4, 0.5) is 5.69 Å². The van der Waals surface area contributed by atoms with E-state index in [4.69, 9.17) is 5.26 Å². The summed E-state index contributed by atoms with van der Waals surface area (Å²) < 4.78 is 0.980. The number of anilines is 1. The van der Waals surface area contributed by atoms with Gasteiger partial charge in [0, 0.05) is 21.7 Å². The first-order valence-corrected chi connectivity index (χ1v) is 6.28. The van der Waals surface area contributed by atoms with Crippen LogP contribution < -0.4 is 5.32 Å². The predicted octanol–water partition coefficient (Wildman–Crippen LogP) is 3.58. The van der Waals surface area contributed by atoms with Crippen LogP contribution in [-0.2, 0) is 0 Å². The Labute approximate surface area is 106 Å². The molecule has 0 fully saturated rings. The maximum Gasteiger partial charge on any atom is 0.166 e. The molecule has 0 saturated carbocycles. The number of halogens is 1. The molecule has 1 N–H and O–H groups in total. The fraction of sp³-hybridized carbons (Fsp3) is 0.0909. The molecule has 1 aromatic carbocycles. The zero-order chi connectivity index (χ0) is 11.4. The van der Waals surface area contributed by atoms with Crippen LogP contribution in [0.2, 0.25) is 0 Å². The Balaban J connectivity index is 2.17. The van der Waals surface area contributed by atoms with Crippen LogP contribution in [0.5, 0.6) is 0 Å². The van der Waals surface area contributed by atoms with Crippen molar-refractivity contribution in [3.8, 4) is 6.07 Å². The monoisotopic (exact) mass is 293 g/mol. The van der Waals surface area contributed by atoms with Gasteiger partial charge in [-0.15, -0.1) is 11.3 Å². The fourth-order valence-corrected chi connectivity index (χ4v) is 2.30. The summed E-state index contributed by atoms with van der Waals surface area (Å²) in [6.45, 7) is 0. The Bertz CT molecular complexity index is 504. The van der Waals surface area contributed by atoms with E-state index in [0.717, 1.165) is 15.2 Å². The highest BCUT2D eigenvalue weighted by atomic mass is 79.9. The number of hydrogen-bond acceptors (Lipinski definition) is 4. The van der Waals surface area contributed by atoms with E-state index < -0.39 is 6.04 Å². The van der Waals surface area contributed by atoms with Crippen LogP contribution in [0.3, 0.4) is 0 Å². The zero-order valence-electron chi connectivity index (χ0n) is 8.22. The second-order valence-electron chi connectivity index (χ2n) is 3.09. The molecule has 0 bridgehead atoms. The van der Waals surface area contributed by atoms with Gasteiger partial charge in [0.05, 0.1) is 6.07 Å². The second-order valence-corrected chi connectivity index (χ2v) is 4.93. The molecule has 1 aromatic heterocycles. The van der Waals surface area contributed by atoms with Gasteiger partial charge in [0.15, 0.2) is 6.04 Å². The standard InChI is InChI=1S/C11H8BrN3S/c12-8-2-1-3-9(6-8)15-10(7-13)11-14-4-5-16-11/h1-6,10,15H. The van der Waals surface area contributed by atoms with E-state index in [9.17, 15) is 0 Å². The molecule has 0 saturated heterocycles. The number of nitrogens with one attached hydrogen (secondary N) is 1. The maximum absolute atomic E-state index is 9.07. The van der Waals surface area contributed by atoms with Crippen molar-refractivity contribution in [1.82, 2.24) is 4.98 Å². The minimum atomic E-state index is -0.394. The molecule has 2 rings (SSSR count). The van der Waals surface area contributed by atoms with E-state index in [1.165, 1.54) is 11.3 Å².